The van der Waals surface area contributed by atoms with Gasteiger partial charge in [0.15, 0.2) is 0 Å². The normalized spacial score (nSPS) is 16.1. The molecule has 0 aliphatic heterocycles. The van der Waals surface area contributed by atoms with E-state index in [1.165, 1.54) is 0 Å². The first-order valence-electron chi connectivity index (χ1n) is 5.68. The van der Waals surface area contributed by atoms with E-state index in [0.717, 1.165) is 23.0 Å². The van der Waals surface area contributed by atoms with Crippen LogP contribution >= 0.6 is 15.9 Å². The highest BCUT2D eigenvalue weighted by molar-refractivity contribution is 9.10. The minimum atomic E-state index is -0.503. The number of rotatable bonds is 3. The minimum Gasteiger partial charge on any atom is -0.338 e. The first kappa shape index (κ1) is 12.1. The molecule has 0 aromatic carbocycles. The summed E-state index contributed by atoms with van der Waals surface area (Å²) in [7, 11) is 0. The Balaban J connectivity index is 1.81. The van der Waals surface area contributed by atoms with Crippen LogP contribution in [0.1, 0.15) is 29.2 Å². The zero-order valence-corrected chi connectivity index (χ0v) is 11.3. The molecule has 19 heavy (non-hydrogen) atoms. The zero-order chi connectivity index (χ0) is 13.5. The Hall–Kier alpha value is -1.96. The third-order valence-corrected chi connectivity index (χ3v) is 3.51. The number of hydrogen-bond donors (Lipinski definition) is 3. The lowest BCUT2D eigenvalue weighted by molar-refractivity contribution is 0.0919. The summed E-state index contributed by atoms with van der Waals surface area (Å²) >= 11 is 3.32. The van der Waals surface area contributed by atoms with Gasteiger partial charge in [-0.3, -0.25) is 14.8 Å². The van der Waals surface area contributed by atoms with E-state index < -0.39 is 17.1 Å². The average molecular weight is 324 g/mol. The minimum absolute atomic E-state index is 0.0200. The number of halogens is 1. The van der Waals surface area contributed by atoms with E-state index in [0.29, 0.717) is 0 Å². The molecule has 0 saturated heterocycles. The maximum Gasteiger partial charge on any atom is 0.341 e. The molecule has 0 atom stereocenters. The van der Waals surface area contributed by atoms with E-state index in [9.17, 15) is 9.59 Å². The lowest BCUT2D eigenvalue weighted by atomic mass is 10.1. The molecule has 0 radical (unpaired) electrons. The highest BCUT2D eigenvalue weighted by atomic mass is 79.9. The Morgan fingerprint density at radius 1 is 1.42 bits per heavy atom. The Kier molecular flexibility index (Phi) is 2.74. The third kappa shape index (κ3) is 2.30. The Morgan fingerprint density at radius 3 is 2.74 bits per heavy atom. The number of carbonyl (C=O) groups excluding carboxylic acids is 1. The van der Waals surface area contributed by atoms with E-state index in [2.05, 4.69) is 41.4 Å². The van der Waals surface area contributed by atoms with Crippen LogP contribution in [0, 0.1) is 0 Å². The van der Waals surface area contributed by atoms with Crippen molar-refractivity contribution in [2.75, 3.05) is 0 Å². The van der Waals surface area contributed by atoms with Crippen LogP contribution in [0.4, 0.5) is 0 Å². The van der Waals surface area contributed by atoms with Crippen molar-refractivity contribution in [2.45, 2.75) is 18.4 Å². The van der Waals surface area contributed by atoms with E-state index in [-0.39, 0.29) is 5.82 Å². The van der Waals surface area contributed by atoms with E-state index in [1.54, 1.807) is 6.20 Å². The molecule has 0 bridgehead atoms. The number of aromatic nitrogens is 4. The number of pyridine rings is 1. The summed E-state index contributed by atoms with van der Waals surface area (Å²) in [5.74, 6) is -0.436. The van der Waals surface area contributed by atoms with Crippen LogP contribution in [0.15, 0.2) is 27.6 Å². The zero-order valence-electron chi connectivity index (χ0n) is 9.74. The van der Waals surface area contributed by atoms with Gasteiger partial charge in [-0.25, -0.2) is 9.89 Å². The van der Waals surface area contributed by atoms with Gasteiger partial charge >= 0.3 is 5.69 Å². The van der Waals surface area contributed by atoms with Crippen molar-refractivity contribution in [3.63, 3.8) is 0 Å². The lowest BCUT2D eigenvalue weighted by Crippen LogP contribution is -2.36. The van der Waals surface area contributed by atoms with Crippen molar-refractivity contribution >= 4 is 21.8 Å². The van der Waals surface area contributed by atoms with Crippen LogP contribution in [0.25, 0.3) is 0 Å². The van der Waals surface area contributed by atoms with Crippen LogP contribution in [0.2, 0.25) is 0 Å². The number of nitrogens with zero attached hydrogens (tertiary/aromatic N) is 2. The van der Waals surface area contributed by atoms with Gasteiger partial charge in [-0.15, -0.1) is 5.10 Å². The van der Waals surface area contributed by atoms with E-state index >= 15 is 0 Å². The fourth-order valence-electron chi connectivity index (χ4n) is 1.88. The maximum absolute atomic E-state index is 12.0. The van der Waals surface area contributed by atoms with E-state index in [4.69, 9.17) is 0 Å². The summed E-state index contributed by atoms with van der Waals surface area (Å²) in [6.07, 6.45) is 3.34. The van der Waals surface area contributed by atoms with Gasteiger partial charge in [-0.1, -0.05) is 0 Å². The summed E-state index contributed by atoms with van der Waals surface area (Å²) in [5.41, 5.74) is -0.133. The van der Waals surface area contributed by atoms with Crippen molar-refractivity contribution in [1.29, 1.82) is 0 Å². The largest absolute Gasteiger partial charge is 0.341 e. The Bertz CT molecular complexity index is 671. The average Bonchev–Trinajstić information content (AvgIpc) is 3.03. The molecule has 1 aliphatic carbocycles. The van der Waals surface area contributed by atoms with Crippen molar-refractivity contribution in [3.8, 4) is 0 Å². The van der Waals surface area contributed by atoms with Crippen molar-refractivity contribution in [1.82, 2.24) is 25.5 Å². The fraction of sp³-hybridized carbons (Fsp3) is 0.273. The summed E-state index contributed by atoms with van der Waals surface area (Å²) < 4.78 is 0.884. The Labute approximate surface area is 116 Å². The standard InChI is InChI=1S/C11H10BrN5O2/c12-6-1-2-7(13-5-6)11(3-4-11)15-9(18)8-14-10(19)17-16-8/h1-2,5H,3-4H2,(H,15,18)(H2,14,16,17,19). The molecular weight excluding hydrogens is 314 g/mol. The fourth-order valence-corrected chi connectivity index (χ4v) is 2.12. The maximum atomic E-state index is 12.0. The van der Waals surface area contributed by atoms with Crippen molar-refractivity contribution in [3.05, 3.63) is 44.8 Å². The monoisotopic (exact) mass is 323 g/mol. The molecule has 8 heteroatoms. The molecular formula is C11H10BrN5O2. The predicted molar refractivity (Wildman–Crippen MR) is 69.5 cm³/mol. The van der Waals surface area contributed by atoms with Crippen molar-refractivity contribution < 1.29 is 4.79 Å². The van der Waals surface area contributed by atoms with Crippen LogP contribution in [-0.2, 0) is 5.54 Å². The molecule has 0 spiro atoms. The molecule has 1 aliphatic rings. The smallest absolute Gasteiger partial charge is 0.338 e. The molecule has 0 unspecified atom stereocenters. The number of nitrogens with one attached hydrogen (secondary N) is 3. The summed E-state index contributed by atoms with van der Waals surface area (Å²) in [6.45, 7) is 0. The predicted octanol–water partition coefficient (Wildman–Crippen LogP) is 0.675. The van der Waals surface area contributed by atoms with E-state index in [1.807, 2.05) is 12.1 Å². The van der Waals surface area contributed by atoms with Crippen LogP contribution in [-0.4, -0.2) is 26.1 Å². The molecule has 98 valence electrons. The molecule has 1 amide bonds. The molecule has 2 aromatic heterocycles. The lowest BCUT2D eigenvalue weighted by Gasteiger charge is -2.15. The molecule has 1 saturated carbocycles. The number of H-pyrrole nitrogens is 2. The summed E-state index contributed by atoms with van der Waals surface area (Å²) in [6, 6.07) is 3.75. The molecule has 7 nitrogen and oxygen atoms in total. The number of carbonyl (C=O) groups is 1. The quantitative estimate of drug-likeness (QED) is 0.772. The van der Waals surface area contributed by atoms with Crippen molar-refractivity contribution in [2.24, 2.45) is 0 Å². The van der Waals surface area contributed by atoms with Gasteiger partial charge in [-0.05, 0) is 40.9 Å². The van der Waals surface area contributed by atoms with Gasteiger partial charge in [0, 0.05) is 10.7 Å². The molecule has 1 fully saturated rings. The Morgan fingerprint density at radius 2 is 2.21 bits per heavy atom. The summed E-state index contributed by atoms with van der Waals surface area (Å²) in [4.78, 5) is 29.5. The third-order valence-electron chi connectivity index (χ3n) is 3.04. The number of hydrogen-bond acceptors (Lipinski definition) is 4. The summed E-state index contributed by atoms with van der Waals surface area (Å²) in [5, 5.41) is 8.62. The van der Waals surface area contributed by atoms with Gasteiger partial charge < -0.3 is 5.32 Å². The molecule has 3 rings (SSSR count). The second-order valence-corrected chi connectivity index (χ2v) is 5.34. The highest BCUT2D eigenvalue weighted by Gasteiger charge is 2.47. The van der Waals surface area contributed by atoms with Crippen LogP contribution < -0.4 is 11.0 Å². The molecule has 3 N–H and O–H groups in total. The van der Waals surface area contributed by atoms with Gasteiger partial charge in [-0.2, -0.15) is 0 Å². The van der Waals surface area contributed by atoms with Gasteiger partial charge in [0.1, 0.15) is 0 Å². The number of amides is 1. The SMILES string of the molecule is O=C(NC1(c2ccc(Br)cn2)CC1)c1n[nH]c(=O)[nH]1. The second kappa shape index (κ2) is 4.30. The number of aromatic amines is 2. The highest BCUT2D eigenvalue weighted by Crippen LogP contribution is 2.44. The van der Waals surface area contributed by atoms with Crippen LogP contribution in [0.3, 0.4) is 0 Å². The first-order valence-corrected chi connectivity index (χ1v) is 6.48. The second-order valence-electron chi connectivity index (χ2n) is 4.42. The first-order chi connectivity index (χ1) is 9.09. The van der Waals surface area contributed by atoms with Gasteiger partial charge in [0.2, 0.25) is 5.82 Å². The van der Waals surface area contributed by atoms with Gasteiger partial charge in [0.05, 0.1) is 11.2 Å². The van der Waals surface area contributed by atoms with Crippen LogP contribution in [0.5, 0.6) is 0 Å². The molecule has 2 aromatic rings. The topological polar surface area (TPSA) is 104 Å². The van der Waals surface area contributed by atoms with Gasteiger partial charge in [0.25, 0.3) is 5.91 Å². The molecule has 2 heterocycles.